The number of alkyl halides is 6. The van der Waals surface area contributed by atoms with Crippen molar-refractivity contribution in [3.05, 3.63) is 59.7 Å². The van der Waals surface area contributed by atoms with E-state index < -0.39 is 24.0 Å². The first-order valence-electron chi connectivity index (χ1n) is 7.43. The second kappa shape index (κ2) is 8.55. The minimum Gasteiger partial charge on any atom is -0.406 e. The summed E-state index contributed by atoms with van der Waals surface area (Å²) in [5, 5.41) is 2.21. The molecule has 2 aromatic rings. The average molecular weight is 409 g/mol. The number of carbonyl (C=O) groups is 1. The summed E-state index contributed by atoms with van der Waals surface area (Å²) in [4.78, 5) is 11.8. The normalized spacial score (nSPS) is 11.9. The van der Waals surface area contributed by atoms with Crippen molar-refractivity contribution in [2.24, 2.45) is 0 Å². The summed E-state index contributed by atoms with van der Waals surface area (Å²) in [5.41, 5.74) is -0.633. The van der Waals surface area contributed by atoms with Gasteiger partial charge >= 0.3 is 12.5 Å². The van der Waals surface area contributed by atoms with Gasteiger partial charge in [0.1, 0.15) is 5.75 Å². The maximum Gasteiger partial charge on any atom is 0.573 e. The average Bonchev–Trinajstić information content (AvgIpc) is 2.54. The van der Waals surface area contributed by atoms with Gasteiger partial charge in [-0.1, -0.05) is 24.3 Å². The number of hydrogen-bond acceptors (Lipinski definition) is 3. The molecule has 0 heterocycles. The van der Waals surface area contributed by atoms with Gasteiger partial charge in [-0.2, -0.15) is 13.2 Å². The molecule has 0 aromatic heterocycles. The number of amides is 1. The summed E-state index contributed by atoms with van der Waals surface area (Å²) in [6.45, 7) is 0. The smallest absolute Gasteiger partial charge is 0.406 e. The van der Waals surface area contributed by atoms with Crippen LogP contribution in [0.1, 0.15) is 11.1 Å². The number of hydrogen-bond donors (Lipinski definition) is 1. The van der Waals surface area contributed by atoms with E-state index in [1.807, 2.05) is 0 Å². The molecule has 27 heavy (non-hydrogen) atoms. The summed E-state index contributed by atoms with van der Waals surface area (Å²) in [6.07, 6.45) is -9.36. The fraction of sp³-hybridized carbons (Fsp3) is 0.235. The molecule has 0 radical (unpaired) electrons. The van der Waals surface area contributed by atoms with Crippen LogP contribution >= 0.6 is 11.8 Å². The quantitative estimate of drug-likeness (QED) is 0.643. The van der Waals surface area contributed by atoms with Gasteiger partial charge in [0.2, 0.25) is 5.91 Å². The van der Waals surface area contributed by atoms with Gasteiger partial charge in [0, 0.05) is 5.75 Å². The van der Waals surface area contributed by atoms with Crippen molar-refractivity contribution < 1.29 is 35.9 Å². The molecule has 0 aliphatic carbocycles. The van der Waals surface area contributed by atoms with Crippen molar-refractivity contribution in [2.75, 3.05) is 11.1 Å². The van der Waals surface area contributed by atoms with Gasteiger partial charge in [-0.15, -0.1) is 24.9 Å². The molecule has 0 fully saturated rings. The number of para-hydroxylation sites is 1. The topological polar surface area (TPSA) is 38.3 Å². The Morgan fingerprint density at radius 2 is 1.59 bits per heavy atom. The van der Waals surface area contributed by atoms with E-state index in [0.717, 1.165) is 36.0 Å². The van der Waals surface area contributed by atoms with Gasteiger partial charge in [0.05, 0.1) is 17.0 Å². The predicted octanol–water partition coefficient (Wildman–Crippen LogP) is 5.48. The highest BCUT2D eigenvalue weighted by molar-refractivity contribution is 7.99. The lowest BCUT2D eigenvalue weighted by molar-refractivity contribution is -0.274. The highest BCUT2D eigenvalue weighted by atomic mass is 32.2. The molecule has 0 saturated carbocycles. The second-order valence-corrected chi connectivity index (χ2v) is 6.26. The standard InChI is InChI=1S/C17H13F6NO2S/c18-16(19,20)13-3-1-2-4-14(13)24-15(25)10-27-9-11-5-7-12(8-6-11)26-17(21,22)23/h1-8H,9-10H2,(H,24,25). The van der Waals surface area contributed by atoms with Crippen LogP contribution in [-0.2, 0) is 16.7 Å². The van der Waals surface area contributed by atoms with Gasteiger partial charge in [0.15, 0.2) is 0 Å². The van der Waals surface area contributed by atoms with Gasteiger partial charge in [-0.3, -0.25) is 4.79 Å². The fourth-order valence-corrected chi connectivity index (χ4v) is 2.86. The molecule has 2 rings (SSSR count). The van der Waals surface area contributed by atoms with Crippen molar-refractivity contribution in [3.8, 4) is 5.75 Å². The Kier molecular flexibility index (Phi) is 6.63. The lowest BCUT2D eigenvalue weighted by Gasteiger charge is -2.13. The first kappa shape index (κ1) is 20.9. The molecule has 0 saturated heterocycles. The molecule has 1 N–H and O–H groups in total. The molecule has 10 heteroatoms. The van der Waals surface area contributed by atoms with E-state index in [1.54, 1.807) is 0 Å². The van der Waals surface area contributed by atoms with E-state index >= 15 is 0 Å². The van der Waals surface area contributed by atoms with Crippen LogP contribution in [0.5, 0.6) is 5.75 Å². The Bertz CT molecular complexity index is 774. The summed E-state index contributed by atoms with van der Waals surface area (Å²) in [6, 6.07) is 9.72. The zero-order chi connectivity index (χ0) is 20.1. The highest BCUT2D eigenvalue weighted by Crippen LogP contribution is 2.34. The first-order valence-corrected chi connectivity index (χ1v) is 8.58. The number of carbonyl (C=O) groups excluding carboxylic acids is 1. The summed E-state index contributed by atoms with van der Waals surface area (Å²) >= 11 is 1.11. The number of anilines is 1. The fourth-order valence-electron chi connectivity index (χ4n) is 2.07. The SMILES string of the molecule is O=C(CSCc1ccc(OC(F)(F)F)cc1)Nc1ccccc1C(F)(F)F. The lowest BCUT2D eigenvalue weighted by Crippen LogP contribution is -2.18. The second-order valence-electron chi connectivity index (χ2n) is 5.28. The minimum absolute atomic E-state index is 0.118. The number of benzene rings is 2. The van der Waals surface area contributed by atoms with Crippen LogP contribution in [0.2, 0.25) is 0 Å². The zero-order valence-corrected chi connectivity index (χ0v) is 14.3. The number of rotatable bonds is 6. The Hall–Kier alpha value is -2.36. The van der Waals surface area contributed by atoms with E-state index in [4.69, 9.17) is 0 Å². The molecular weight excluding hydrogens is 396 g/mol. The molecule has 0 atom stereocenters. The molecule has 0 aliphatic rings. The van der Waals surface area contributed by atoms with Gasteiger partial charge in [-0.25, -0.2) is 0 Å². The number of thioether (sulfide) groups is 1. The van der Waals surface area contributed by atoms with E-state index in [0.29, 0.717) is 11.3 Å². The summed E-state index contributed by atoms with van der Waals surface area (Å²) in [5.74, 6) is -0.806. The molecule has 146 valence electrons. The van der Waals surface area contributed by atoms with Crippen LogP contribution in [0.25, 0.3) is 0 Å². The lowest BCUT2D eigenvalue weighted by atomic mass is 10.1. The van der Waals surface area contributed by atoms with E-state index in [9.17, 15) is 31.1 Å². The van der Waals surface area contributed by atoms with Crippen LogP contribution in [0.4, 0.5) is 32.0 Å². The van der Waals surface area contributed by atoms with Gasteiger partial charge < -0.3 is 10.1 Å². The number of nitrogens with one attached hydrogen (secondary N) is 1. The third kappa shape index (κ3) is 7.05. The van der Waals surface area contributed by atoms with Crippen molar-refractivity contribution in [2.45, 2.75) is 18.3 Å². The largest absolute Gasteiger partial charge is 0.573 e. The highest BCUT2D eigenvalue weighted by Gasteiger charge is 2.33. The molecule has 0 bridgehead atoms. The monoisotopic (exact) mass is 409 g/mol. The Morgan fingerprint density at radius 1 is 0.963 bits per heavy atom. The molecular formula is C17H13F6NO2S. The molecule has 0 spiro atoms. The molecule has 0 aliphatic heterocycles. The molecule has 3 nitrogen and oxygen atoms in total. The summed E-state index contributed by atoms with van der Waals surface area (Å²) in [7, 11) is 0. The van der Waals surface area contributed by atoms with E-state index in [-0.39, 0.29) is 17.2 Å². The zero-order valence-electron chi connectivity index (χ0n) is 13.5. The van der Waals surface area contributed by atoms with Crippen molar-refractivity contribution in [1.29, 1.82) is 0 Å². The predicted molar refractivity (Wildman–Crippen MR) is 89.4 cm³/mol. The van der Waals surface area contributed by atoms with Gasteiger partial charge in [-0.05, 0) is 29.8 Å². The van der Waals surface area contributed by atoms with Crippen LogP contribution in [0, 0.1) is 0 Å². The Balaban J connectivity index is 1.85. The maximum atomic E-state index is 12.9. The maximum absolute atomic E-state index is 12.9. The molecule has 1 amide bonds. The minimum atomic E-state index is -4.78. The van der Waals surface area contributed by atoms with Gasteiger partial charge in [0.25, 0.3) is 0 Å². The third-order valence-corrected chi connectivity index (χ3v) is 4.17. The number of ether oxygens (including phenoxy) is 1. The van der Waals surface area contributed by atoms with Crippen LogP contribution < -0.4 is 10.1 Å². The Labute approximate surface area is 154 Å². The van der Waals surface area contributed by atoms with E-state index in [1.165, 1.54) is 24.3 Å². The molecule has 2 aromatic carbocycles. The van der Waals surface area contributed by atoms with E-state index in [2.05, 4.69) is 10.1 Å². The Morgan fingerprint density at radius 3 is 2.19 bits per heavy atom. The van der Waals surface area contributed by atoms with Crippen LogP contribution in [-0.4, -0.2) is 18.0 Å². The first-order chi connectivity index (χ1) is 12.5. The van der Waals surface area contributed by atoms with Crippen molar-refractivity contribution >= 4 is 23.4 Å². The van der Waals surface area contributed by atoms with Crippen molar-refractivity contribution in [1.82, 2.24) is 0 Å². The molecule has 0 unspecified atom stereocenters. The van der Waals surface area contributed by atoms with Crippen LogP contribution in [0.3, 0.4) is 0 Å². The van der Waals surface area contributed by atoms with Crippen LogP contribution in [0.15, 0.2) is 48.5 Å². The van der Waals surface area contributed by atoms with Crippen molar-refractivity contribution in [3.63, 3.8) is 0 Å². The third-order valence-electron chi connectivity index (χ3n) is 3.17. The summed E-state index contributed by atoms with van der Waals surface area (Å²) < 4.78 is 78.6. The number of halogens is 6.